The van der Waals surface area contributed by atoms with Gasteiger partial charge in [-0.25, -0.2) is 10.3 Å². The van der Waals surface area contributed by atoms with Gasteiger partial charge in [0, 0.05) is 20.8 Å². The molecule has 90 valence electrons. The van der Waals surface area contributed by atoms with Crippen LogP contribution in [0.15, 0.2) is 4.99 Å². The van der Waals surface area contributed by atoms with E-state index in [4.69, 9.17) is 9.47 Å². The van der Waals surface area contributed by atoms with Gasteiger partial charge in [0.15, 0.2) is 0 Å². The van der Waals surface area contributed by atoms with E-state index >= 15 is 0 Å². The fourth-order valence-corrected chi connectivity index (χ4v) is 1.28. The molecule has 0 spiro atoms. The van der Waals surface area contributed by atoms with Crippen molar-refractivity contribution in [3.8, 4) is 0 Å². The lowest BCUT2D eigenvalue weighted by Crippen LogP contribution is -2.52. The van der Waals surface area contributed by atoms with E-state index in [1.54, 1.807) is 6.92 Å². The number of thiocarbonyl (C=S) groups is 1. The first kappa shape index (κ1) is 14.7. The number of rotatable bonds is 5. The van der Waals surface area contributed by atoms with Crippen molar-refractivity contribution in [1.29, 1.82) is 0 Å². The Morgan fingerprint density at radius 1 is 1.38 bits per heavy atom. The average Bonchev–Trinajstić information content (AvgIpc) is 1.98. The summed E-state index contributed by atoms with van der Waals surface area (Å²) in [5.74, 6) is -2.74. The van der Waals surface area contributed by atoms with Crippen LogP contribution >= 0.6 is 12.2 Å². The van der Waals surface area contributed by atoms with Crippen LogP contribution in [0.5, 0.6) is 0 Å². The molecular formula is C9H14N2O4S. The molecular weight excluding hydrogens is 232 g/mol. The largest absolute Gasteiger partial charge is 0.409 e. The maximum absolute atomic E-state index is 10.9. The van der Waals surface area contributed by atoms with E-state index in [0.29, 0.717) is 0 Å². The van der Waals surface area contributed by atoms with Gasteiger partial charge < -0.3 is 9.47 Å². The smallest absolute Gasteiger partial charge is 0.316 e. The molecule has 1 atom stereocenters. The molecule has 1 N–H and O–H groups in total. The lowest BCUT2D eigenvalue weighted by Gasteiger charge is -2.30. The molecule has 6 nitrogen and oxygen atoms in total. The van der Waals surface area contributed by atoms with Gasteiger partial charge in [0.25, 0.3) is 0 Å². The Hall–Kier alpha value is -1.30. The summed E-state index contributed by atoms with van der Waals surface area (Å²) in [5.41, 5.74) is 0. The Morgan fingerprint density at radius 3 is 2.12 bits per heavy atom. The van der Waals surface area contributed by atoms with Crippen LogP contribution < -0.4 is 5.32 Å². The second-order valence-electron chi connectivity index (χ2n) is 3.17. The number of nitrogens with one attached hydrogen (secondary N) is 1. The highest BCUT2D eigenvalue weighted by Gasteiger charge is 2.32. The number of carbonyl (C=O) groups excluding carboxylic acids is 2. The van der Waals surface area contributed by atoms with Crippen molar-refractivity contribution in [3.05, 3.63) is 0 Å². The molecule has 0 amide bonds. The Balaban J connectivity index is 4.70. The fourth-order valence-electron chi connectivity index (χ4n) is 1.12. The molecule has 0 bridgehead atoms. The third kappa shape index (κ3) is 6.23. The third-order valence-corrected chi connectivity index (χ3v) is 1.50. The summed E-state index contributed by atoms with van der Waals surface area (Å²) in [7, 11) is 0. The number of carbonyl (C=O) groups is 2. The van der Waals surface area contributed by atoms with Gasteiger partial charge in [0.05, 0.1) is 5.16 Å². The zero-order valence-corrected chi connectivity index (χ0v) is 10.4. The molecule has 0 aromatic heterocycles. The molecule has 1 unspecified atom stereocenters. The van der Waals surface area contributed by atoms with Crippen LogP contribution in [0.25, 0.3) is 0 Å². The van der Waals surface area contributed by atoms with Crippen molar-refractivity contribution in [3.63, 3.8) is 0 Å². The molecule has 0 aromatic carbocycles. The van der Waals surface area contributed by atoms with Gasteiger partial charge in [-0.15, -0.1) is 0 Å². The Morgan fingerprint density at radius 2 is 1.81 bits per heavy atom. The number of isothiocyanates is 1. The van der Waals surface area contributed by atoms with Gasteiger partial charge >= 0.3 is 17.8 Å². The minimum absolute atomic E-state index is 0.499. The molecule has 0 aromatic rings. The average molecular weight is 246 g/mol. The van der Waals surface area contributed by atoms with Gasteiger partial charge in [-0.3, -0.25) is 9.59 Å². The van der Waals surface area contributed by atoms with E-state index in [0.717, 1.165) is 0 Å². The van der Waals surface area contributed by atoms with Crippen LogP contribution in [0.3, 0.4) is 0 Å². The van der Waals surface area contributed by atoms with Gasteiger partial charge in [0.1, 0.15) is 6.17 Å². The molecule has 0 aliphatic heterocycles. The van der Waals surface area contributed by atoms with E-state index in [-0.39, 0.29) is 0 Å². The lowest BCUT2D eigenvalue weighted by atomic mass is 10.4. The maximum Gasteiger partial charge on any atom is 0.316 e. The van der Waals surface area contributed by atoms with E-state index in [1.807, 2.05) is 0 Å². The zero-order valence-electron chi connectivity index (χ0n) is 9.57. The first-order chi connectivity index (χ1) is 7.29. The second-order valence-corrected chi connectivity index (χ2v) is 3.36. The number of hydrogen-bond acceptors (Lipinski definition) is 7. The third-order valence-electron chi connectivity index (χ3n) is 1.39. The first-order valence-electron chi connectivity index (χ1n) is 4.53. The van der Waals surface area contributed by atoms with Gasteiger partial charge in [-0.1, -0.05) is 0 Å². The topological polar surface area (TPSA) is 77.0 Å². The maximum atomic E-state index is 10.9. The van der Waals surface area contributed by atoms with Crippen molar-refractivity contribution in [2.75, 3.05) is 0 Å². The number of nitrogens with zero attached hydrogens (tertiary/aromatic N) is 1. The van der Waals surface area contributed by atoms with Crippen molar-refractivity contribution >= 4 is 29.3 Å². The number of ether oxygens (including phenoxy) is 2. The quantitative estimate of drug-likeness (QED) is 0.335. The highest BCUT2D eigenvalue weighted by molar-refractivity contribution is 7.78. The molecule has 0 saturated carbocycles. The molecule has 0 fully saturated rings. The molecule has 0 rings (SSSR count). The summed E-state index contributed by atoms with van der Waals surface area (Å²) < 4.78 is 9.70. The summed E-state index contributed by atoms with van der Waals surface area (Å²) in [6, 6.07) is 0. The number of esters is 2. The predicted molar refractivity (Wildman–Crippen MR) is 59.6 cm³/mol. The first-order valence-corrected chi connectivity index (χ1v) is 4.93. The van der Waals surface area contributed by atoms with Crippen LogP contribution in [0.1, 0.15) is 27.7 Å². The van der Waals surface area contributed by atoms with E-state index in [1.165, 1.54) is 20.8 Å². The molecule has 0 saturated heterocycles. The molecule has 16 heavy (non-hydrogen) atoms. The molecule has 0 radical (unpaired) electrons. The van der Waals surface area contributed by atoms with Gasteiger partial charge in [0.2, 0.25) is 0 Å². The summed E-state index contributed by atoms with van der Waals surface area (Å²) in [4.78, 5) is 25.4. The van der Waals surface area contributed by atoms with Crippen molar-refractivity contribution in [2.24, 2.45) is 4.99 Å². The van der Waals surface area contributed by atoms with Crippen LogP contribution in [0.2, 0.25) is 0 Å². The van der Waals surface area contributed by atoms with Crippen LogP contribution in [0, 0.1) is 0 Å². The van der Waals surface area contributed by atoms with Gasteiger partial charge in [-0.05, 0) is 19.1 Å². The standard InChI is InChI=1S/C9H14N2O4S/c1-6(10-5-16)11-9(4,14-7(2)12)15-8(3)13/h6,11H,1-4H3. The fraction of sp³-hybridized carbons (Fsp3) is 0.667. The minimum Gasteiger partial charge on any atom is -0.409 e. The highest BCUT2D eigenvalue weighted by Crippen LogP contribution is 2.11. The highest BCUT2D eigenvalue weighted by atomic mass is 32.1. The Bertz CT molecular complexity index is 309. The van der Waals surface area contributed by atoms with Crippen LogP contribution in [-0.4, -0.2) is 29.2 Å². The van der Waals surface area contributed by atoms with Crippen LogP contribution in [0.4, 0.5) is 0 Å². The van der Waals surface area contributed by atoms with Gasteiger partial charge in [-0.2, -0.15) is 0 Å². The number of aliphatic imine (C=N–C) groups is 1. The van der Waals surface area contributed by atoms with E-state index in [9.17, 15) is 9.59 Å². The summed E-state index contributed by atoms with van der Waals surface area (Å²) in [6.07, 6.45) is -0.499. The monoisotopic (exact) mass is 246 g/mol. The summed E-state index contributed by atoms with van der Waals surface area (Å²) >= 11 is 4.42. The summed E-state index contributed by atoms with van der Waals surface area (Å²) in [5, 5.41) is 4.84. The van der Waals surface area contributed by atoms with E-state index in [2.05, 4.69) is 27.7 Å². The van der Waals surface area contributed by atoms with E-state index < -0.39 is 24.0 Å². The second kappa shape index (κ2) is 6.32. The SMILES string of the molecule is CC(=O)OC(C)(NC(C)N=C=S)OC(C)=O. The minimum atomic E-state index is -1.56. The zero-order chi connectivity index (χ0) is 12.8. The molecule has 7 heteroatoms. The lowest BCUT2D eigenvalue weighted by molar-refractivity contribution is -0.233. The number of hydrogen-bond donors (Lipinski definition) is 1. The Kier molecular flexibility index (Phi) is 5.81. The predicted octanol–water partition coefficient (Wildman–Crippen LogP) is 0.825. The van der Waals surface area contributed by atoms with Crippen molar-refractivity contribution in [1.82, 2.24) is 5.32 Å². The molecule has 0 aliphatic carbocycles. The normalized spacial score (nSPS) is 12.2. The molecule has 0 aliphatic rings. The summed E-state index contributed by atoms with van der Waals surface area (Å²) in [6.45, 7) is 5.45. The van der Waals surface area contributed by atoms with Crippen molar-refractivity contribution < 1.29 is 19.1 Å². The Labute approximate surface area is 99.0 Å². The molecule has 0 heterocycles. The van der Waals surface area contributed by atoms with Crippen LogP contribution in [-0.2, 0) is 19.1 Å². The van der Waals surface area contributed by atoms with Crippen molar-refractivity contribution in [2.45, 2.75) is 39.8 Å².